The zero-order valence-electron chi connectivity index (χ0n) is 22.4. The first-order valence-corrected chi connectivity index (χ1v) is 13.7. The number of hydrogen-bond acceptors (Lipinski definition) is 6. The number of para-hydroxylation sites is 1. The lowest BCUT2D eigenvalue weighted by molar-refractivity contribution is -0.135. The molecule has 0 bridgehead atoms. The molecule has 2 aliphatic heterocycles. The Balaban J connectivity index is 1.26. The minimum absolute atomic E-state index is 0.0639. The molecule has 0 saturated heterocycles. The van der Waals surface area contributed by atoms with Gasteiger partial charge in [-0.05, 0) is 54.3 Å². The second kappa shape index (κ2) is 10.9. The maximum absolute atomic E-state index is 13.9. The molecule has 1 N–H and O–H groups in total. The average molecular weight is 538 g/mol. The second-order valence-corrected chi connectivity index (χ2v) is 10.3. The van der Waals surface area contributed by atoms with Crippen LogP contribution >= 0.6 is 0 Å². The van der Waals surface area contributed by atoms with E-state index in [1.807, 2.05) is 49.4 Å². The Morgan fingerprint density at radius 2 is 1.75 bits per heavy atom. The highest BCUT2D eigenvalue weighted by atomic mass is 16.5. The molecular formula is C33H31NO6. The lowest BCUT2D eigenvalue weighted by Crippen LogP contribution is -2.33. The zero-order chi connectivity index (χ0) is 27.6. The molecule has 1 atom stereocenters. The van der Waals surface area contributed by atoms with Gasteiger partial charge in [0.15, 0.2) is 0 Å². The van der Waals surface area contributed by atoms with Crippen molar-refractivity contribution in [2.75, 3.05) is 13.2 Å². The number of phenols is 1. The van der Waals surface area contributed by atoms with E-state index in [0.717, 1.165) is 42.0 Å². The van der Waals surface area contributed by atoms with Gasteiger partial charge in [0, 0.05) is 42.6 Å². The molecule has 1 aromatic heterocycles. The van der Waals surface area contributed by atoms with E-state index in [9.17, 15) is 14.7 Å². The number of fused-ring (bicyclic) bond motifs is 2. The summed E-state index contributed by atoms with van der Waals surface area (Å²) in [5.74, 6) is 1.30. The summed E-state index contributed by atoms with van der Waals surface area (Å²) in [5.41, 5.74) is 5.26. The highest BCUT2D eigenvalue weighted by molar-refractivity contribution is 5.78. The molecule has 7 heteroatoms. The van der Waals surface area contributed by atoms with Gasteiger partial charge in [-0.25, -0.2) is 0 Å². The molecule has 40 heavy (non-hydrogen) atoms. The number of benzene rings is 3. The van der Waals surface area contributed by atoms with Gasteiger partial charge in [0.05, 0.1) is 25.2 Å². The van der Waals surface area contributed by atoms with Crippen LogP contribution in [0.3, 0.4) is 0 Å². The van der Waals surface area contributed by atoms with Gasteiger partial charge >= 0.3 is 5.97 Å². The molecule has 0 unspecified atom stereocenters. The van der Waals surface area contributed by atoms with Gasteiger partial charge in [-0.15, -0.1) is 0 Å². The molecule has 3 heterocycles. The van der Waals surface area contributed by atoms with Gasteiger partial charge in [-0.2, -0.15) is 0 Å². The molecule has 3 aromatic carbocycles. The number of aryl methyl sites for hydroxylation is 2. The molecule has 4 aromatic rings. The predicted octanol–water partition coefficient (Wildman–Crippen LogP) is 5.10. The number of carbonyl (C=O) groups excluding carboxylic acids is 1. The van der Waals surface area contributed by atoms with E-state index < -0.39 is 5.92 Å². The van der Waals surface area contributed by atoms with Crippen molar-refractivity contribution in [2.45, 2.75) is 45.1 Å². The second-order valence-electron chi connectivity index (χ2n) is 10.3. The summed E-state index contributed by atoms with van der Waals surface area (Å²) < 4.78 is 19.2. The Morgan fingerprint density at radius 3 is 2.60 bits per heavy atom. The van der Waals surface area contributed by atoms with Crippen LogP contribution in [0.1, 0.15) is 45.8 Å². The number of esters is 1. The molecule has 2 aliphatic rings. The number of rotatable bonds is 8. The third kappa shape index (κ3) is 5.19. The number of aromatic hydroxyl groups is 1. The minimum atomic E-state index is -0.474. The SMILES string of the molecule is Cc1cc2c(c(=O)n1CCc1ccc(O)cc1)[C@H](c1ccccc1OCCc1ccc3c(c1)CCO3)CC(=O)O2. The topological polar surface area (TPSA) is 87.0 Å². The van der Waals surface area contributed by atoms with Crippen molar-refractivity contribution < 1.29 is 24.1 Å². The Bertz CT molecular complexity index is 1620. The number of aromatic nitrogens is 1. The summed E-state index contributed by atoms with van der Waals surface area (Å²) in [4.78, 5) is 26.5. The number of nitrogens with zero attached hydrogens (tertiary/aromatic N) is 1. The molecule has 6 rings (SSSR count). The van der Waals surface area contributed by atoms with Crippen LogP contribution in [-0.4, -0.2) is 28.9 Å². The molecule has 204 valence electrons. The summed E-state index contributed by atoms with van der Waals surface area (Å²) in [7, 11) is 0. The van der Waals surface area contributed by atoms with Gasteiger partial charge in [0.25, 0.3) is 5.56 Å². The Hall–Kier alpha value is -4.52. The number of carbonyl (C=O) groups is 1. The van der Waals surface area contributed by atoms with Crippen LogP contribution in [0.2, 0.25) is 0 Å². The minimum Gasteiger partial charge on any atom is -0.508 e. The highest BCUT2D eigenvalue weighted by Gasteiger charge is 2.34. The molecule has 0 fully saturated rings. The highest BCUT2D eigenvalue weighted by Crippen LogP contribution is 2.40. The summed E-state index contributed by atoms with van der Waals surface area (Å²) in [6.45, 7) is 3.50. The summed E-state index contributed by atoms with van der Waals surface area (Å²) >= 11 is 0. The number of phenolic OH excluding ortho intramolecular Hbond substituents is 1. The monoisotopic (exact) mass is 537 g/mol. The predicted molar refractivity (Wildman–Crippen MR) is 151 cm³/mol. The van der Waals surface area contributed by atoms with E-state index in [2.05, 4.69) is 12.1 Å². The van der Waals surface area contributed by atoms with Crippen LogP contribution in [0.5, 0.6) is 23.0 Å². The molecular weight excluding hydrogens is 506 g/mol. The fourth-order valence-electron chi connectivity index (χ4n) is 5.62. The first kappa shape index (κ1) is 25.7. The van der Waals surface area contributed by atoms with E-state index in [4.69, 9.17) is 14.2 Å². The van der Waals surface area contributed by atoms with E-state index in [1.165, 1.54) is 11.1 Å². The fourth-order valence-corrected chi connectivity index (χ4v) is 5.62. The van der Waals surface area contributed by atoms with E-state index in [0.29, 0.717) is 36.6 Å². The first-order valence-electron chi connectivity index (χ1n) is 13.7. The van der Waals surface area contributed by atoms with Crippen molar-refractivity contribution in [1.82, 2.24) is 4.57 Å². The first-order chi connectivity index (χ1) is 19.5. The van der Waals surface area contributed by atoms with Crippen molar-refractivity contribution in [2.24, 2.45) is 0 Å². The van der Waals surface area contributed by atoms with Gasteiger partial charge in [-0.3, -0.25) is 9.59 Å². The van der Waals surface area contributed by atoms with Gasteiger partial charge in [0.1, 0.15) is 23.0 Å². The quantitative estimate of drug-likeness (QED) is 0.315. The Labute approximate surface area is 232 Å². The van der Waals surface area contributed by atoms with E-state index >= 15 is 0 Å². The smallest absolute Gasteiger partial charge is 0.312 e. The third-order valence-electron chi connectivity index (χ3n) is 7.71. The van der Waals surface area contributed by atoms with Crippen molar-refractivity contribution in [3.8, 4) is 23.0 Å². The van der Waals surface area contributed by atoms with Crippen molar-refractivity contribution in [3.63, 3.8) is 0 Å². The number of ether oxygens (including phenoxy) is 3. The molecule has 0 saturated carbocycles. The molecule has 0 amide bonds. The molecule has 0 spiro atoms. The summed E-state index contributed by atoms with van der Waals surface area (Å²) in [5, 5.41) is 9.58. The molecule has 0 radical (unpaired) electrons. The zero-order valence-corrected chi connectivity index (χ0v) is 22.4. The van der Waals surface area contributed by atoms with Crippen LogP contribution in [0.25, 0.3) is 0 Å². The largest absolute Gasteiger partial charge is 0.508 e. The van der Waals surface area contributed by atoms with E-state index in [1.54, 1.807) is 22.8 Å². The van der Waals surface area contributed by atoms with E-state index in [-0.39, 0.29) is 23.7 Å². The van der Waals surface area contributed by atoms with Crippen molar-refractivity contribution in [3.05, 3.63) is 117 Å². The lowest BCUT2D eigenvalue weighted by Gasteiger charge is -2.27. The summed E-state index contributed by atoms with van der Waals surface area (Å²) in [6.07, 6.45) is 2.34. The van der Waals surface area contributed by atoms with Crippen LogP contribution < -0.4 is 19.8 Å². The average Bonchev–Trinajstić information content (AvgIpc) is 3.42. The van der Waals surface area contributed by atoms with Crippen molar-refractivity contribution in [1.29, 1.82) is 0 Å². The number of pyridine rings is 1. The Kier molecular flexibility index (Phi) is 7.03. The molecule has 7 nitrogen and oxygen atoms in total. The van der Waals surface area contributed by atoms with Crippen LogP contribution in [-0.2, 0) is 30.6 Å². The Morgan fingerprint density at radius 1 is 0.950 bits per heavy atom. The summed E-state index contributed by atoms with van der Waals surface area (Å²) in [6, 6.07) is 22.6. The normalized spacial score (nSPS) is 15.6. The van der Waals surface area contributed by atoms with Gasteiger partial charge in [0.2, 0.25) is 0 Å². The van der Waals surface area contributed by atoms with Crippen LogP contribution in [0.15, 0.2) is 77.6 Å². The van der Waals surface area contributed by atoms with Crippen molar-refractivity contribution >= 4 is 5.97 Å². The standard InChI is InChI=1S/C33H31NO6/c1-21-18-30-32(33(37)34(21)15-12-22-6-9-25(35)10-7-22)27(20-31(36)40-30)26-4-2-3-5-29(26)39-16-13-23-8-11-28-24(19-23)14-17-38-28/h2-11,18-19,27,35H,12-17,20H2,1H3/t27-/m0/s1. The van der Waals surface area contributed by atoms with Gasteiger partial charge in [-0.1, -0.05) is 42.5 Å². The lowest BCUT2D eigenvalue weighted by atomic mass is 9.86. The maximum Gasteiger partial charge on any atom is 0.312 e. The molecule has 0 aliphatic carbocycles. The number of hydrogen-bond donors (Lipinski definition) is 1. The third-order valence-corrected chi connectivity index (χ3v) is 7.71. The van der Waals surface area contributed by atoms with Gasteiger partial charge < -0.3 is 23.9 Å². The fraction of sp³-hybridized carbons (Fsp3) is 0.273. The maximum atomic E-state index is 13.9. The van der Waals surface area contributed by atoms with Crippen LogP contribution in [0, 0.1) is 6.92 Å². The van der Waals surface area contributed by atoms with Crippen LogP contribution in [0.4, 0.5) is 0 Å².